The van der Waals surface area contributed by atoms with E-state index in [1.54, 1.807) is 12.1 Å². The average molecular weight is 249 g/mol. The Morgan fingerprint density at radius 3 is 2.67 bits per heavy atom. The molecule has 100 valence electrons. The lowest BCUT2D eigenvalue weighted by Gasteiger charge is -2.19. The smallest absolute Gasteiger partial charge is 0.123 e. The molecule has 1 rings (SSSR count). The topological polar surface area (TPSA) is 12.0 Å². The van der Waals surface area contributed by atoms with E-state index in [0.717, 1.165) is 24.9 Å². The highest BCUT2D eigenvalue weighted by atomic mass is 19.1. The Bertz CT molecular complexity index is 402. The summed E-state index contributed by atoms with van der Waals surface area (Å²) in [4.78, 5) is 0. The predicted molar refractivity (Wildman–Crippen MR) is 76.2 cm³/mol. The molecule has 18 heavy (non-hydrogen) atoms. The van der Waals surface area contributed by atoms with Gasteiger partial charge in [-0.05, 0) is 64.8 Å². The van der Waals surface area contributed by atoms with Crippen LogP contribution in [0.1, 0.15) is 39.7 Å². The van der Waals surface area contributed by atoms with E-state index in [0.29, 0.717) is 0 Å². The summed E-state index contributed by atoms with van der Waals surface area (Å²) in [5.41, 5.74) is 2.49. The average Bonchev–Trinajstić information content (AvgIpc) is 2.23. The van der Waals surface area contributed by atoms with Crippen LogP contribution in [0.2, 0.25) is 0 Å². The van der Waals surface area contributed by atoms with Crippen molar-refractivity contribution in [3.05, 3.63) is 47.3 Å². The van der Waals surface area contributed by atoms with Crippen molar-refractivity contribution < 1.29 is 4.39 Å². The van der Waals surface area contributed by atoms with Crippen LogP contribution in [0.5, 0.6) is 0 Å². The molecular formula is C16H24FN. The fourth-order valence-electron chi connectivity index (χ4n) is 1.81. The summed E-state index contributed by atoms with van der Waals surface area (Å²) in [5.74, 6) is -0.158. The molecule has 1 nitrogen and oxygen atoms in total. The van der Waals surface area contributed by atoms with Crippen LogP contribution in [0, 0.1) is 5.82 Å². The minimum Gasteiger partial charge on any atom is -0.312 e. The van der Waals surface area contributed by atoms with Crippen LogP contribution >= 0.6 is 0 Å². The molecule has 0 aliphatic rings. The Kier molecular flexibility index (Phi) is 5.54. The molecule has 1 N–H and O–H groups in total. The molecule has 0 atom stereocenters. The minimum atomic E-state index is -0.158. The Labute approximate surface area is 110 Å². The highest BCUT2D eigenvalue weighted by Crippen LogP contribution is 2.10. The maximum Gasteiger partial charge on any atom is 0.123 e. The van der Waals surface area contributed by atoms with Crippen LogP contribution in [0.4, 0.5) is 4.39 Å². The maximum atomic E-state index is 13.0. The van der Waals surface area contributed by atoms with Crippen molar-refractivity contribution in [1.82, 2.24) is 5.32 Å². The zero-order chi connectivity index (χ0) is 13.6. The lowest BCUT2D eigenvalue weighted by atomic mass is 10.0. The summed E-state index contributed by atoms with van der Waals surface area (Å²) in [6, 6.07) is 6.81. The molecule has 1 aromatic rings. The second-order valence-corrected chi connectivity index (χ2v) is 5.82. The van der Waals surface area contributed by atoms with Gasteiger partial charge in [-0.15, -0.1) is 0 Å². The number of benzene rings is 1. The molecule has 0 unspecified atom stereocenters. The molecule has 1 aromatic carbocycles. The van der Waals surface area contributed by atoms with Crippen molar-refractivity contribution in [3.63, 3.8) is 0 Å². The summed E-state index contributed by atoms with van der Waals surface area (Å²) in [5, 5.41) is 3.45. The van der Waals surface area contributed by atoms with E-state index in [4.69, 9.17) is 0 Å². The van der Waals surface area contributed by atoms with Crippen molar-refractivity contribution in [1.29, 1.82) is 0 Å². The van der Waals surface area contributed by atoms with Gasteiger partial charge in [0.2, 0.25) is 0 Å². The highest BCUT2D eigenvalue weighted by Gasteiger charge is 2.06. The second-order valence-electron chi connectivity index (χ2n) is 5.82. The maximum absolute atomic E-state index is 13.0. The molecule has 0 bridgehead atoms. The zero-order valence-electron chi connectivity index (χ0n) is 11.9. The molecule has 0 aliphatic carbocycles. The number of allylic oxidation sites excluding steroid dienone is 1. The molecule has 0 saturated heterocycles. The standard InChI is InChI=1S/C16H24FN/c1-13(7-6-10-18-16(2,3)4)11-14-8-5-9-15(17)12-14/h5,7-9,12,18H,6,10-11H2,1-4H3. The van der Waals surface area contributed by atoms with Gasteiger partial charge in [0.1, 0.15) is 5.82 Å². The van der Waals surface area contributed by atoms with E-state index in [9.17, 15) is 4.39 Å². The van der Waals surface area contributed by atoms with Crippen LogP contribution in [-0.2, 0) is 6.42 Å². The van der Waals surface area contributed by atoms with Crippen molar-refractivity contribution in [2.75, 3.05) is 6.54 Å². The van der Waals surface area contributed by atoms with Crippen LogP contribution < -0.4 is 5.32 Å². The largest absolute Gasteiger partial charge is 0.312 e. The third-order valence-corrected chi connectivity index (χ3v) is 2.66. The first kappa shape index (κ1) is 14.9. The quantitative estimate of drug-likeness (QED) is 0.612. The molecule has 0 amide bonds. The Hall–Kier alpha value is -1.15. The van der Waals surface area contributed by atoms with Gasteiger partial charge in [-0.1, -0.05) is 23.8 Å². The molecule has 0 radical (unpaired) electrons. The van der Waals surface area contributed by atoms with Crippen LogP contribution in [0.15, 0.2) is 35.9 Å². The predicted octanol–water partition coefficient (Wildman–Crippen LogP) is 4.09. The molecule has 0 fully saturated rings. The van der Waals surface area contributed by atoms with E-state index >= 15 is 0 Å². The normalized spacial score (nSPS) is 12.8. The summed E-state index contributed by atoms with van der Waals surface area (Å²) in [7, 11) is 0. The number of hydrogen-bond donors (Lipinski definition) is 1. The Morgan fingerprint density at radius 1 is 1.33 bits per heavy atom. The minimum absolute atomic E-state index is 0.158. The number of hydrogen-bond acceptors (Lipinski definition) is 1. The number of rotatable bonds is 5. The van der Waals surface area contributed by atoms with Crippen LogP contribution in [-0.4, -0.2) is 12.1 Å². The Balaban J connectivity index is 2.38. The number of halogens is 1. The highest BCUT2D eigenvalue weighted by molar-refractivity contribution is 5.21. The summed E-state index contributed by atoms with van der Waals surface area (Å²) in [6.07, 6.45) is 4.06. The van der Waals surface area contributed by atoms with Gasteiger partial charge in [0.25, 0.3) is 0 Å². The van der Waals surface area contributed by atoms with Gasteiger partial charge < -0.3 is 5.32 Å². The van der Waals surface area contributed by atoms with Crippen LogP contribution in [0.3, 0.4) is 0 Å². The van der Waals surface area contributed by atoms with E-state index in [1.807, 2.05) is 6.07 Å². The van der Waals surface area contributed by atoms with Crippen molar-refractivity contribution in [3.8, 4) is 0 Å². The van der Waals surface area contributed by atoms with E-state index < -0.39 is 0 Å². The monoisotopic (exact) mass is 249 g/mol. The molecule has 0 aliphatic heterocycles. The first-order valence-electron chi connectivity index (χ1n) is 6.52. The van der Waals surface area contributed by atoms with Gasteiger partial charge in [0, 0.05) is 5.54 Å². The fraction of sp³-hybridized carbons (Fsp3) is 0.500. The fourth-order valence-corrected chi connectivity index (χ4v) is 1.81. The van der Waals surface area contributed by atoms with Crippen LogP contribution in [0.25, 0.3) is 0 Å². The summed E-state index contributed by atoms with van der Waals surface area (Å²) >= 11 is 0. The Morgan fingerprint density at radius 2 is 2.06 bits per heavy atom. The third-order valence-electron chi connectivity index (χ3n) is 2.66. The molecule has 0 heterocycles. The molecule has 0 aromatic heterocycles. The SMILES string of the molecule is CC(=CCCNC(C)(C)C)Cc1cccc(F)c1. The molecule has 0 saturated carbocycles. The lowest BCUT2D eigenvalue weighted by Crippen LogP contribution is -2.36. The van der Waals surface area contributed by atoms with Crippen molar-refractivity contribution in [2.24, 2.45) is 0 Å². The van der Waals surface area contributed by atoms with Gasteiger partial charge >= 0.3 is 0 Å². The first-order chi connectivity index (χ1) is 8.37. The van der Waals surface area contributed by atoms with E-state index in [-0.39, 0.29) is 11.4 Å². The lowest BCUT2D eigenvalue weighted by molar-refractivity contribution is 0.431. The van der Waals surface area contributed by atoms with Gasteiger partial charge in [-0.25, -0.2) is 4.39 Å². The van der Waals surface area contributed by atoms with E-state index in [2.05, 4.69) is 39.1 Å². The molecule has 0 spiro atoms. The summed E-state index contributed by atoms with van der Waals surface area (Å²) < 4.78 is 13.0. The van der Waals surface area contributed by atoms with Crippen molar-refractivity contribution >= 4 is 0 Å². The summed E-state index contributed by atoms with van der Waals surface area (Å²) in [6.45, 7) is 9.56. The second kappa shape index (κ2) is 6.69. The van der Waals surface area contributed by atoms with E-state index in [1.165, 1.54) is 11.6 Å². The zero-order valence-corrected chi connectivity index (χ0v) is 11.9. The first-order valence-corrected chi connectivity index (χ1v) is 6.52. The van der Waals surface area contributed by atoms with Gasteiger partial charge in [0.15, 0.2) is 0 Å². The van der Waals surface area contributed by atoms with Crippen molar-refractivity contribution in [2.45, 2.75) is 46.1 Å². The molecule has 2 heteroatoms. The van der Waals surface area contributed by atoms with Gasteiger partial charge in [-0.2, -0.15) is 0 Å². The molecular weight excluding hydrogens is 225 g/mol. The van der Waals surface area contributed by atoms with Gasteiger partial charge in [0.05, 0.1) is 0 Å². The van der Waals surface area contributed by atoms with Gasteiger partial charge in [-0.3, -0.25) is 0 Å². The third kappa shape index (κ3) is 6.55. The number of nitrogens with one attached hydrogen (secondary N) is 1.